The molecule has 21 heavy (non-hydrogen) atoms. The summed E-state index contributed by atoms with van der Waals surface area (Å²) in [6, 6.07) is 14.3. The van der Waals surface area contributed by atoms with E-state index in [2.05, 4.69) is 4.72 Å². The molecule has 0 aromatic heterocycles. The van der Waals surface area contributed by atoms with E-state index in [1.54, 1.807) is 19.1 Å². The van der Waals surface area contributed by atoms with E-state index in [9.17, 15) is 8.42 Å². The number of anilines is 3. The molecule has 2 rings (SSSR count). The second-order valence-electron chi connectivity index (χ2n) is 4.62. The Balaban J connectivity index is 2.45. The summed E-state index contributed by atoms with van der Waals surface area (Å²) < 4.78 is 26.6. The van der Waals surface area contributed by atoms with Crippen LogP contribution in [0.3, 0.4) is 0 Å². The summed E-state index contributed by atoms with van der Waals surface area (Å²) in [6.07, 6.45) is 0. The topological polar surface area (TPSA) is 75.4 Å². The van der Waals surface area contributed by atoms with Gasteiger partial charge in [-0.3, -0.25) is 0 Å². The third-order valence-electron chi connectivity index (χ3n) is 3.15. The molecule has 112 valence electrons. The van der Waals surface area contributed by atoms with Gasteiger partial charge in [-0.1, -0.05) is 25.1 Å². The molecule has 0 bridgehead atoms. The first kappa shape index (κ1) is 15.3. The predicted octanol–water partition coefficient (Wildman–Crippen LogP) is 2.33. The summed E-state index contributed by atoms with van der Waals surface area (Å²) >= 11 is 0. The molecular formula is C15H19N3O2S. The van der Waals surface area contributed by atoms with Gasteiger partial charge in [-0.25, -0.2) is 13.1 Å². The quantitative estimate of drug-likeness (QED) is 0.831. The molecule has 0 aliphatic heterocycles. The molecule has 0 unspecified atom stereocenters. The van der Waals surface area contributed by atoms with E-state index in [0.29, 0.717) is 17.9 Å². The molecule has 3 N–H and O–H groups in total. The number of rotatable bonds is 5. The lowest BCUT2D eigenvalue weighted by Gasteiger charge is -2.22. The van der Waals surface area contributed by atoms with Gasteiger partial charge in [0.2, 0.25) is 10.0 Å². The number of nitrogens with zero attached hydrogens (tertiary/aromatic N) is 1. The van der Waals surface area contributed by atoms with Crippen molar-refractivity contribution in [3.63, 3.8) is 0 Å². The average Bonchev–Trinajstić information content (AvgIpc) is 2.47. The number of hydrogen-bond acceptors (Lipinski definition) is 4. The Bertz CT molecular complexity index is 715. The van der Waals surface area contributed by atoms with Gasteiger partial charge in [0, 0.05) is 19.3 Å². The van der Waals surface area contributed by atoms with Crippen molar-refractivity contribution < 1.29 is 8.42 Å². The fourth-order valence-corrected chi connectivity index (χ4v) is 3.11. The van der Waals surface area contributed by atoms with Crippen LogP contribution in [-0.4, -0.2) is 22.0 Å². The smallest absolute Gasteiger partial charge is 0.240 e. The van der Waals surface area contributed by atoms with Crippen molar-refractivity contribution in [2.45, 2.75) is 11.8 Å². The molecule has 0 aliphatic carbocycles. The van der Waals surface area contributed by atoms with Crippen molar-refractivity contribution in [1.29, 1.82) is 0 Å². The van der Waals surface area contributed by atoms with Crippen molar-refractivity contribution in [3.8, 4) is 0 Å². The van der Waals surface area contributed by atoms with E-state index in [0.717, 1.165) is 5.69 Å². The standard InChI is InChI=1S/C15H19N3O2S/c1-3-17-21(19,20)13-9-10-14(16)15(11-13)18(2)12-7-5-4-6-8-12/h4-11,17H,3,16H2,1-2H3. The normalized spacial score (nSPS) is 11.3. The van der Waals surface area contributed by atoms with Gasteiger partial charge in [0.15, 0.2) is 0 Å². The van der Waals surface area contributed by atoms with Crippen LogP contribution in [0.2, 0.25) is 0 Å². The first-order chi connectivity index (χ1) is 9.95. The van der Waals surface area contributed by atoms with Crippen molar-refractivity contribution in [2.24, 2.45) is 0 Å². The molecule has 0 fully saturated rings. The zero-order chi connectivity index (χ0) is 15.5. The second kappa shape index (κ2) is 6.15. The van der Waals surface area contributed by atoms with Gasteiger partial charge < -0.3 is 10.6 Å². The number of hydrogen-bond donors (Lipinski definition) is 2. The van der Waals surface area contributed by atoms with E-state index in [-0.39, 0.29) is 4.90 Å². The average molecular weight is 305 g/mol. The molecule has 2 aromatic carbocycles. The maximum atomic E-state index is 12.1. The van der Waals surface area contributed by atoms with Crippen LogP contribution in [0.1, 0.15) is 6.92 Å². The SMILES string of the molecule is CCNS(=O)(=O)c1ccc(N)c(N(C)c2ccccc2)c1. The lowest BCUT2D eigenvalue weighted by molar-refractivity contribution is 0.584. The van der Waals surface area contributed by atoms with E-state index >= 15 is 0 Å². The van der Waals surface area contributed by atoms with Gasteiger partial charge in [0.05, 0.1) is 16.3 Å². The van der Waals surface area contributed by atoms with Gasteiger partial charge >= 0.3 is 0 Å². The molecule has 6 heteroatoms. The van der Waals surface area contributed by atoms with Crippen LogP contribution in [0.5, 0.6) is 0 Å². The van der Waals surface area contributed by atoms with Crippen LogP contribution in [0, 0.1) is 0 Å². The monoisotopic (exact) mass is 305 g/mol. The largest absolute Gasteiger partial charge is 0.397 e. The third-order valence-corrected chi connectivity index (χ3v) is 4.69. The summed E-state index contributed by atoms with van der Waals surface area (Å²) in [5.74, 6) is 0. The Hall–Kier alpha value is -2.05. The van der Waals surface area contributed by atoms with E-state index in [1.807, 2.05) is 42.3 Å². The highest BCUT2D eigenvalue weighted by Gasteiger charge is 2.16. The Morgan fingerprint density at radius 1 is 1.14 bits per heavy atom. The maximum Gasteiger partial charge on any atom is 0.240 e. The van der Waals surface area contributed by atoms with Gasteiger partial charge in [-0.05, 0) is 30.3 Å². The maximum absolute atomic E-state index is 12.1. The van der Waals surface area contributed by atoms with Gasteiger partial charge in [-0.2, -0.15) is 0 Å². The first-order valence-electron chi connectivity index (χ1n) is 6.63. The molecule has 0 saturated heterocycles. The lowest BCUT2D eigenvalue weighted by atomic mass is 10.2. The lowest BCUT2D eigenvalue weighted by Crippen LogP contribution is -2.23. The van der Waals surface area contributed by atoms with Crippen molar-refractivity contribution in [3.05, 3.63) is 48.5 Å². The van der Waals surface area contributed by atoms with Crippen LogP contribution in [0.4, 0.5) is 17.1 Å². The van der Waals surface area contributed by atoms with Crippen molar-refractivity contribution in [2.75, 3.05) is 24.2 Å². The summed E-state index contributed by atoms with van der Waals surface area (Å²) in [4.78, 5) is 2.07. The van der Waals surface area contributed by atoms with Gasteiger partial charge in [0.1, 0.15) is 0 Å². The first-order valence-corrected chi connectivity index (χ1v) is 8.12. The third kappa shape index (κ3) is 3.34. The molecule has 0 aliphatic rings. The second-order valence-corrected chi connectivity index (χ2v) is 6.38. The number of nitrogens with one attached hydrogen (secondary N) is 1. The van der Waals surface area contributed by atoms with E-state index in [4.69, 9.17) is 5.73 Å². The van der Waals surface area contributed by atoms with E-state index < -0.39 is 10.0 Å². The highest BCUT2D eigenvalue weighted by atomic mass is 32.2. The molecule has 5 nitrogen and oxygen atoms in total. The Labute approximate surface area is 125 Å². The molecular weight excluding hydrogens is 286 g/mol. The van der Waals surface area contributed by atoms with Crippen LogP contribution < -0.4 is 15.4 Å². The molecule has 0 amide bonds. The summed E-state index contributed by atoms with van der Waals surface area (Å²) in [7, 11) is -1.65. The zero-order valence-corrected chi connectivity index (χ0v) is 12.9. The number of benzene rings is 2. The van der Waals surface area contributed by atoms with Crippen molar-refractivity contribution >= 4 is 27.1 Å². The highest BCUT2D eigenvalue weighted by Crippen LogP contribution is 2.30. The minimum atomic E-state index is -3.50. The highest BCUT2D eigenvalue weighted by molar-refractivity contribution is 7.89. The summed E-state index contributed by atoms with van der Waals surface area (Å²) in [5.41, 5.74) is 8.10. The van der Waals surface area contributed by atoms with Crippen LogP contribution in [-0.2, 0) is 10.0 Å². The Morgan fingerprint density at radius 3 is 2.43 bits per heavy atom. The fraction of sp³-hybridized carbons (Fsp3) is 0.200. The molecule has 0 heterocycles. The predicted molar refractivity (Wildman–Crippen MR) is 86.2 cm³/mol. The summed E-state index contributed by atoms with van der Waals surface area (Å²) in [5, 5.41) is 0. The van der Waals surface area contributed by atoms with Gasteiger partial charge in [-0.15, -0.1) is 0 Å². The van der Waals surface area contributed by atoms with Gasteiger partial charge in [0.25, 0.3) is 0 Å². The number of para-hydroxylation sites is 1. The molecule has 0 saturated carbocycles. The number of sulfonamides is 1. The Kier molecular flexibility index (Phi) is 4.50. The fourth-order valence-electron chi connectivity index (χ4n) is 2.05. The molecule has 0 atom stereocenters. The molecule has 0 spiro atoms. The Morgan fingerprint density at radius 2 is 1.81 bits per heavy atom. The number of nitrogens with two attached hydrogens (primary N) is 1. The molecule has 0 radical (unpaired) electrons. The molecule has 2 aromatic rings. The van der Waals surface area contributed by atoms with E-state index in [1.165, 1.54) is 6.07 Å². The summed E-state index contributed by atoms with van der Waals surface area (Å²) in [6.45, 7) is 2.09. The minimum Gasteiger partial charge on any atom is -0.397 e. The number of nitrogen functional groups attached to an aromatic ring is 1. The van der Waals surface area contributed by atoms with Crippen LogP contribution in [0.25, 0.3) is 0 Å². The van der Waals surface area contributed by atoms with Crippen molar-refractivity contribution in [1.82, 2.24) is 4.72 Å². The van der Waals surface area contributed by atoms with Crippen LogP contribution in [0.15, 0.2) is 53.4 Å². The minimum absolute atomic E-state index is 0.205. The zero-order valence-electron chi connectivity index (χ0n) is 12.1. The van der Waals surface area contributed by atoms with Crippen LogP contribution >= 0.6 is 0 Å².